The van der Waals surface area contributed by atoms with Crippen LogP contribution < -0.4 is 5.32 Å². The number of carbonyl (C=O) groups excluding carboxylic acids is 2. The van der Waals surface area contributed by atoms with Crippen molar-refractivity contribution in [3.05, 3.63) is 35.6 Å². The van der Waals surface area contributed by atoms with E-state index in [0.717, 1.165) is 5.56 Å². The fraction of sp³-hybridized carbons (Fsp3) is 0.500. The lowest BCUT2D eigenvalue weighted by molar-refractivity contribution is -0.147. The number of nitrogens with one attached hydrogen (secondary N) is 1. The highest BCUT2D eigenvalue weighted by atomic mass is 19.1. The number of rotatable bonds is 4. The lowest BCUT2D eigenvalue weighted by Gasteiger charge is -2.30. The van der Waals surface area contributed by atoms with Gasteiger partial charge in [0.05, 0.1) is 13.2 Å². The summed E-state index contributed by atoms with van der Waals surface area (Å²) in [6.07, 6.45) is 1.19. The minimum Gasteiger partial charge on any atom is -0.378 e. The monoisotopic (exact) mass is 306 g/mol. The highest BCUT2D eigenvalue weighted by Crippen LogP contribution is 2.47. The third-order valence-corrected chi connectivity index (χ3v) is 4.26. The summed E-state index contributed by atoms with van der Waals surface area (Å²) in [6, 6.07) is 5.96. The Kier molecular flexibility index (Phi) is 4.11. The lowest BCUT2D eigenvalue weighted by Crippen LogP contribution is -2.49. The Hall–Kier alpha value is -1.95. The normalized spacial score (nSPS) is 19.6. The van der Waals surface area contributed by atoms with Gasteiger partial charge in [-0.1, -0.05) is 12.1 Å². The summed E-state index contributed by atoms with van der Waals surface area (Å²) in [5.74, 6) is -0.628. The predicted molar refractivity (Wildman–Crippen MR) is 77.3 cm³/mol. The Labute approximate surface area is 128 Å². The molecular weight excluding hydrogens is 287 g/mol. The maximum absolute atomic E-state index is 12.8. The van der Waals surface area contributed by atoms with Crippen LogP contribution in [0.25, 0.3) is 0 Å². The third kappa shape index (κ3) is 2.97. The van der Waals surface area contributed by atoms with Gasteiger partial charge in [-0.25, -0.2) is 4.39 Å². The van der Waals surface area contributed by atoms with Gasteiger partial charge < -0.3 is 15.0 Å². The molecule has 1 N–H and O–H groups in total. The molecule has 118 valence electrons. The first kappa shape index (κ1) is 15.0. The van der Waals surface area contributed by atoms with Gasteiger partial charge in [0.25, 0.3) is 0 Å². The van der Waals surface area contributed by atoms with Gasteiger partial charge in [-0.3, -0.25) is 9.59 Å². The van der Waals surface area contributed by atoms with E-state index >= 15 is 0 Å². The molecule has 2 amide bonds. The molecule has 1 aliphatic heterocycles. The Morgan fingerprint density at radius 3 is 2.41 bits per heavy atom. The molecule has 5 nitrogen and oxygen atoms in total. The van der Waals surface area contributed by atoms with Crippen molar-refractivity contribution in [1.29, 1.82) is 0 Å². The molecule has 1 aromatic rings. The highest BCUT2D eigenvalue weighted by Gasteiger charge is 2.57. The minimum atomic E-state index is -0.891. The maximum Gasteiger partial charge on any atom is 0.238 e. The standard InChI is InChI=1S/C16H19FN2O3/c17-13-3-1-12(2-4-13)11-18-14(20)16(5-6-16)15(21)19-7-9-22-10-8-19/h1-4H,5-11H2,(H,18,20). The number of carbonyl (C=O) groups is 2. The zero-order chi connectivity index (χ0) is 15.6. The molecule has 1 saturated carbocycles. The number of hydrogen-bond donors (Lipinski definition) is 1. The average molecular weight is 306 g/mol. The summed E-state index contributed by atoms with van der Waals surface area (Å²) in [4.78, 5) is 26.6. The Balaban J connectivity index is 1.58. The number of nitrogens with zero attached hydrogens (tertiary/aromatic N) is 1. The topological polar surface area (TPSA) is 58.6 Å². The van der Waals surface area contributed by atoms with Crippen LogP contribution in [0.5, 0.6) is 0 Å². The van der Waals surface area contributed by atoms with E-state index in [1.807, 2.05) is 0 Å². The van der Waals surface area contributed by atoms with Gasteiger partial charge in [0.2, 0.25) is 11.8 Å². The second kappa shape index (κ2) is 6.04. The molecule has 3 rings (SSSR count). The summed E-state index contributed by atoms with van der Waals surface area (Å²) >= 11 is 0. The van der Waals surface area contributed by atoms with Crippen LogP contribution in [0, 0.1) is 11.2 Å². The second-order valence-corrected chi connectivity index (χ2v) is 5.80. The van der Waals surface area contributed by atoms with Crippen molar-refractivity contribution in [2.75, 3.05) is 26.3 Å². The van der Waals surface area contributed by atoms with Gasteiger partial charge in [0, 0.05) is 19.6 Å². The van der Waals surface area contributed by atoms with E-state index in [9.17, 15) is 14.0 Å². The number of benzene rings is 1. The second-order valence-electron chi connectivity index (χ2n) is 5.80. The summed E-state index contributed by atoms with van der Waals surface area (Å²) in [6.45, 7) is 2.45. The van der Waals surface area contributed by atoms with Crippen LogP contribution in [0.15, 0.2) is 24.3 Å². The van der Waals surface area contributed by atoms with Crippen molar-refractivity contribution in [3.63, 3.8) is 0 Å². The molecule has 2 aliphatic rings. The van der Waals surface area contributed by atoms with Crippen LogP contribution in [0.1, 0.15) is 18.4 Å². The molecule has 6 heteroatoms. The van der Waals surface area contributed by atoms with Crippen molar-refractivity contribution >= 4 is 11.8 Å². The number of morpholine rings is 1. The van der Waals surface area contributed by atoms with E-state index in [0.29, 0.717) is 45.7 Å². The molecule has 2 fully saturated rings. The molecule has 0 atom stereocenters. The first-order chi connectivity index (χ1) is 10.6. The molecule has 0 aromatic heterocycles. The van der Waals surface area contributed by atoms with E-state index in [2.05, 4.69) is 5.32 Å². The number of hydrogen-bond acceptors (Lipinski definition) is 3. The van der Waals surface area contributed by atoms with Crippen molar-refractivity contribution in [2.24, 2.45) is 5.41 Å². The molecule has 0 radical (unpaired) electrons. The van der Waals surface area contributed by atoms with Crippen molar-refractivity contribution in [2.45, 2.75) is 19.4 Å². The van der Waals surface area contributed by atoms with E-state index in [-0.39, 0.29) is 17.6 Å². The predicted octanol–water partition coefficient (Wildman–Crippen LogP) is 1.08. The largest absolute Gasteiger partial charge is 0.378 e. The van der Waals surface area contributed by atoms with Crippen molar-refractivity contribution in [3.8, 4) is 0 Å². The summed E-state index contributed by atoms with van der Waals surface area (Å²) in [5, 5.41) is 2.80. The smallest absolute Gasteiger partial charge is 0.238 e. The lowest BCUT2D eigenvalue weighted by atomic mass is 10.0. The average Bonchev–Trinajstić information content (AvgIpc) is 3.36. The van der Waals surface area contributed by atoms with E-state index < -0.39 is 5.41 Å². The van der Waals surface area contributed by atoms with Crippen LogP contribution >= 0.6 is 0 Å². The van der Waals surface area contributed by atoms with Crippen LogP contribution in [-0.4, -0.2) is 43.0 Å². The van der Waals surface area contributed by atoms with Gasteiger partial charge in [-0.15, -0.1) is 0 Å². The SMILES string of the molecule is O=C(NCc1ccc(F)cc1)C1(C(=O)N2CCOCC2)CC1. The molecule has 22 heavy (non-hydrogen) atoms. The molecule has 0 bridgehead atoms. The summed E-state index contributed by atoms with van der Waals surface area (Å²) in [7, 11) is 0. The minimum absolute atomic E-state index is 0.0904. The van der Waals surface area contributed by atoms with Gasteiger partial charge in [-0.2, -0.15) is 0 Å². The van der Waals surface area contributed by atoms with Gasteiger partial charge >= 0.3 is 0 Å². The molecule has 1 saturated heterocycles. The van der Waals surface area contributed by atoms with Crippen LogP contribution in [-0.2, 0) is 20.9 Å². The number of halogens is 1. The van der Waals surface area contributed by atoms with E-state index in [4.69, 9.17) is 4.74 Å². The Morgan fingerprint density at radius 2 is 1.82 bits per heavy atom. The zero-order valence-corrected chi connectivity index (χ0v) is 12.3. The molecular formula is C16H19FN2O3. The molecule has 0 spiro atoms. The quantitative estimate of drug-likeness (QED) is 0.847. The number of amides is 2. The zero-order valence-electron chi connectivity index (χ0n) is 12.3. The fourth-order valence-electron chi connectivity index (χ4n) is 2.69. The Morgan fingerprint density at radius 1 is 1.18 bits per heavy atom. The van der Waals surface area contributed by atoms with Crippen LogP contribution in [0.2, 0.25) is 0 Å². The first-order valence-corrected chi connectivity index (χ1v) is 7.52. The van der Waals surface area contributed by atoms with Crippen LogP contribution in [0.4, 0.5) is 4.39 Å². The van der Waals surface area contributed by atoms with E-state index in [1.165, 1.54) is 12.1 Å². The molecule has 1 aliphatic carbocycles. The molecule has 1 heterocycles. The van der Waals surface area contributed by atoms with Crippen molar-refractivity contribution < 1.29 is 18.7 Å². The first-order valence-electron chi connectivity index (χ1n) is 7.52. The molecule has 0 unspecified atom stereocenters. The van der Waals surface area contributed by atoms with Gasteiger partial charge in [-0.05, 0) is 30.5 Å². The Bertz CT molecular complexity index is 563. The van der Waals surface area contributed by atoms with Crippen LogP contribution in [0.3, 0.4) is 0 Å². The maximum atomic E-state index is 12.8. The van der Waals surface area contributed by atoms with E-state index in [1.54, 1.807) is 17.0 Å². The summed E-state index contributed by atoms with van der Waals surface area (Å²) < 4.78 is 18.1. The summed E-state index contributed by atoms with van der Waals surface area (Å²) in [5.41, 5.74) is -0.0819. The van der Waals surface area contributed by atoms with Gasteiger partial charge in [0.15, 0.2) is 0 Å². The number of ether oxygens (including phenoxy) is 1. The fourth-order valence-corrected chi connectivity index (χ4v) is 2.69. The third-order valence-electron chi connectivity index (χ3n) is 4.26. The van der Waals surface area contributed by atoms with Crippen molar-refractivity contribution in [1.82, 2.24) is 10.2 Å². The molecule has 1 aromatic carbocycles. The highest BCUT2D eigenvalue weighted by molar-refractivity contribution is 6.07. The van der Waals surface area contributed by atoms with Gasteiger partial charge in [0.1, 0.15) is 11.2 Å².